The molecule has 1 heterocycles. The first kappa shape index (κ1) is 15.9. The average Bonchev–Trinajstić information content (AvgIpc) is 2.05. The van der Waals surface area contributed by atoms with E-state index in [4.69, 9.17) is 11.5 Å². The van der Waals surface area contributed by atoms with Crippen molar-refractivity contribution in [1.29, 1.82) is 0 Å². The van der Waals surface area contributed by atoms with Crippen molar-refractivity contribution in [2.45, 2.75) is 19.3 Å². The van der Waals surface area contributed by atoms with Crippen LogP contribution in [0.3, 0.4) is 0 Å². The summed E-state index contributed by atoms with van der Waals surface area (Å²) in [4.78, 5) is 3.92. The fourth-order valence-corrected chi connectivity index (χ4v) is 1.12. The minimum absolute atomic E-state index is 0. The third-order valence-corrected chi connectivity index (χ3v) is 1.77. The topological polar surface area (TPSA) is 64.9 Å². The van der Waals surface area contributed by atoms with Crippen molar-refractivity contribution in [3.63, 3.8) is 0 Å². The molecule has 0 aliphatic rings. The molecule has 14 heavy (non-hydrogen) atoms. The van der Waals surface area contributed by atoms with Crippen molar-refractivity contribution < 1.29 is 0 Å². The van der Waals surface area contributed by atoms with Gasteiger partial charge in [-0.25, -0.2) is 4.98 Å². The lowest BCUT2D eigenvalue weighted by Gasteiger charge is -2.00. The number of hydrogen-bond donors (Lipinski definition) is 2. The van der Waals surface area contributed by atoms with Gasteiger partial charge in [0.15, 0.2) is 0 Å². The highest BCUT2D eigenvalue weighted by atomic mass is 35.5. The molecule has 1 aromatic rings. The molecule has 0 unspecified atom stereocenters. The molecule has 1 aromatic heterocycles. The molecule has 82 valence electrons. The summed E-state index contributed by atoms with van der Waals surface area (Å²) in [6.45, 7) is 0.764. The first-order valence-corrected chi connectivity index (χ1v) is 4.23. The Kier molecular flexibility index (Phi) is 10.3. The molecule has 0 aliphatic heterocycles. The normalized spacial score (nSPS) is 8.64. The number of hydrogen-bond acceptors (Lipinski definition) is 3. The van der Waals surface area contributed by atoms with E-state index in [2.05, 4.69) is 4.98 Å². The molecule has 3 nitrogen and oxygen atoms in total. The second-order valence-electron chi connectivity index (χ2n) is 2.83. The van der Waals surface area contributed by atoms with Gasteiger partial charge in [0.05, 0.1) is 0 Å². The molecular formula is C9H17Cl2N3. The number of halogens is 2. The van der Waals surface area contributed by atoms with Gasteiger partial charge >= 0.3 is 0 Å². The van der Waals surface area contributed by atoms with Crippen LogP contribution in [0.25, 0.3) is 0 Å². The first-order chi connectivity index (χ1) is 5.83. The van der Waals surface area contributed by atoms with Gasteiger partial charge in [-0.15, -0.1) is 24.8 Å². The van der Waals surface area contributed by atoms with Crippen molar-refractivity contribution in [1.82, 2.24) is 4.98 Å². The molecule has 5 heteroatoms. The van der Waals surface area contributed by atoms with Gasteiger partial charge in [0.1, 0.15) is 5.82 Å². The van der Waals surface area contributed by atoms with Gasteiger partial charge < -0.3 is 11.5 Å². The monoisotopic (exact) mass is 237 g/mol. The number of pyridine rings is 1. The van der Waals surface area contributed by atoms with E-state index in [1.165, 1.54) is 5.56 Å². The van der Waals surface area contributed by atoms with E-state index in [1.807, 2.05) is 12.1 Å². The molecule has 0 amide bonds. The zero-order valence-electron chi connectivity index (χ0n) is 7.98. The number of anilines is 1. The maximum Gasteiger partial charge on any atom is 0.123 e. The number of rotatable bonds is 4. The molecule has 0 bridgehead atoms. The Morgan fingerprint density at radius 3 is 2.50 bits per heavy atom. The summed E-state index contributed by atoms with van der Waals surface area (Å²) < 4.78 is 0. The molecule has 1 rings (SSSR count). The Bertz CT molecular complexity index is 243. The fraction of sp³-hybridized carbons (Fsp3) is 0.444. The van der Waals surface area contributed by atoms with Crippen molar-refractivity contribution >= 4 is 30.6 Å². The SMILES string of the molecule is Cl.Cl.NCCCCc1ccnc(N)c1. The van der Waals surface area contributed by atoms with E-state index >= 15 is 0 Å². The van der Waals surface area contributed by atoms with Crippen molar-refractivity contribution in [3.05, 3.63) is 23.9 Å². The smallest absolute Gasteiger partial charge is 0.123 e. The molecule has 0 aliphatic carbocycles. The van der Waals surface area contributed by atoms with E-state index in [0.717, 1.165) is 25.8 Å². The van der Waals surface area contributed by atoms with E-state index in [-0.39, 0.29) is 24.8 Å². The van der Waals surface area contributed by atoms with Crippen LogP contribution in [0.5, 0.6) is 0 Å². The van der Waals surface area contributed by atoms with Gasteiger partial charge in [0, 0.05) is 6.20 Å². The summed E-state index contributed by atoms with van der Waals surface area (Å²) in [5, 5.41) is 0. The molecule has 0 fully saturated rings. The molecule has 0 radical (unpaired) electrons. The average molecular weight is 238 g/mol. The number of nitrogens with zero attached hydrogens (tertiary/aromatic N) is 1. The highest BCUT2D eigenvalue weighted by molar-refractivity contribution is 5.85. The van der Waals surface area contributed by atoms with Crippen LogP contribution in [0.2, 0.25) is 0 Å². The molecule has 0 saturated heterocycles. The maximum atomic E-state index is 5.53. The van der Waals surface area contributed by atoms with E-state index in [9.17, 15) is 0 Å². The molecule has 0 atom stereocenters. The Hall–Kier alpha value is -0.510. The van der Waals surface area contributed by atoms with Crippen molar-refractivity contribution in [2.75, 3.05) is 12.3 Å². The van der Waals surface area contributed by atoms with E-state index < -0.39 is 0 Å². The van der Waals surface area contributed by atoms with Crippen LogP contribution in [0.1, 0.15) is 18.4 Å². The van der Waals surface area contributed by atoms with Crippen LogP contribution in [0, 0.1) is 0 Å². The van der Waals surface area contributed by atoms with Crippen LogP contribution in [0.4, 0.5) is 5.82 Å². The predicted molar refractivity (Wildman–Crippen MR) is 65.1 cm³/mol. The van der Waals surface area contributed by atoms with Crippen LogP contribution >= 0.6 is 24.8 Å². The van der Waals surface area contributed by atoms with Gasteiger partial charge in [0.25, 0.3) is 0 Å². The first-order valence-electron chi connectivity index (χ1n) is 4.23. The Morgan fingerprint density at radius 1 is 1.21 bits per heavy atom. The number of nitrogens with two attached hydrogens (primary N) is 2. The predicted octanol–water partition coefficient (Wildman–Crippen LogP) is 1.79. The van der Waals surface area contributed by atoms with Gasteiger partial charge in [0.2, 0.25) is 0 Å². The van der Waals surface area contributed by atoms with E-state index in [0.29, 0.717) is 5.82 Å². The van der Waals surface area contributed by atoms with Gasteiger partial charge in [-0.1, -0.05) is 0 Å². The minimum Gasteiger partial charge on any atom is -0.384 e. The molecular weight excluding hydrogens is 221 g/mol. The van der Waals surface area contributed by atoms with E-state index in [1.54, 1.807) is 6.20 Å². The number of nitrogen functional groups attached to an aromatic ring is 1. The van der Waals surface area contributed by atoms with Crippen LogP contribution in [0.15, 0.2) is 18.3 Å². The van der Waals surface area contributed by atoms with Gasteiger partial charge in [-0.2, -0.15) is 0 Å². The zero-order valence-corrected chi connectivity index (χ0v) is 9.61. The van der Waals surface area contributed by atoms with Gasteiger partial charge in [-0.3, -0.25) is 0 Å². The lowest BCUT2D eigenvalue weighted by molar-refractivity contribution is 0.744. The van der Waals surface area contributed by atoms with Gasteiger partial charge in [-0.05, 0) is 43.5 Å². The lowest BCUT2D eigenvalue weighted by Crippen LogP contribution is -1.99. The van der Waals surface area contributed by atoms with Crippen LogP contribution in [-0.4, -0.2) is 11.5 Å². The number of aryl methyl sites for hydroxylation is 1. The fourth-order valence-electron chi connectivity index (χ4n) is 1.12. The summed E-state index contributed by atoms with van der Waals surface area (Å²) in [5.74, 6) is 0.597. The molecule has 0 aromatic carbocycles. The van der Waals surface area contributed by atoms with Crippen molar-refractivity contribution in [2.24, 2.45) is 5.73 Å². The van der Waals surface area contributed by atoms with Crippen LogP contribution in [-0.2, 0) is 6.42 Å². The quantitative estimate of drug-likeness (QED) is 0.786. The summed E-state index contributed by atoms with van der Waals surface area (Å²) in [6, 6.07) is 3.91. The summed E-state index contributed by atoms with van der Waals surface area (Å²) in [5.41, 5.74) is 12.2. The number of unbranched alkanes of at least 4 members (excludes halogenated alkanes) is 1. The molecule has 0 saturated carbocycles. The summed E-state index contributed by atoms with van der Waals surface area (Å²) in [6.07, 6.45) is 4.99. The lowest BCUT2D eigenvalue weighted by atomic mass is 10.1. The summed E-state index contributed by atoms with van der Waals surface area (Å²) >= 11 is 0. The number of aromatic nitrogens is 1. The maximum absolute atomic E-state index is 5.53. The Balaban J connectivity index is 0. The minimum atomic E-state index is 0. The molecule has 0 spiro atoms. The summed E-state index contributed by atoms with van der Waals surface area (Å²) in [7, 11) is 0. The largest absolute Gasteiger partial charge is 0.384 e. The van der Waals surface area contributed by atoms with Crippen molar-refractivity contribution in [3.8, 4) is 0 Å². The molecule has 4 N–H and O–H groups in total. The Morgan fingerprint density at radius 2 is 1.93 bits per heavy atom. The van der Waals surface area contributed by atoms with Crippen LogP contribution < -0.4 is 11.5 Å². The second-order valence-corrected chi connectivity index (χ2v) is 2.83. The third-order valence-electron chi connectivity index (χ3n) is 1.77. The highest BCUT2D eigenvalue weighted by Gasteiger charge is 1.93. The highest BCUT2D eigenvalue weighted by Crippen LogP contribution is 2.06. The Labute approximate surface area is 97.1 Å². The standard InChI is InChI=1S/C9H15N3.2ClH/c10-5-2-1-3-8-4-6-12-9(11)7-8;;/h4,6-7H,1-3,5,10H2,(H2,11,12);2*1H. The second kappa shape index (κ2) is 9.06. The zero-order chi connectivity index (χ0) is 8.81. The third kappa shape index (κ3) is 6.02.